The molecule has 110 valence electrons. The monoisotopic (exact) mass is 298 g/mol. The van der Waals surface area contributed by atoms with Gasteiger partial charge in [0.15, 0.2) is 0 Å². The summed E-state index contributed by atoms with van der Waals surface area (Å²) in [4.78, 5) is 0. The van der Waals surface area contributed by atoms with Crippen molar-refractivity contribution in [2.24, 2.45) is 0 Å². The molecule has 0 radical (unpaired) electrons. The van der Waals surface area contributed by atoms with E-state index in [4.69, 9.17) is 0 Å². The van der Waals surface area contributed by atoms with Crippen LogP contribution in [0.5, 0.6) is 11.5 Å². The third kappa shape index (κ3) is 7.34. The second-order valence-electron chi connectivity index (χ2n) is 3.40. The first-order valence-corrected chi connectivity index (χ1v) is 5.08. The van der Waals surface area contributed by atoms with E-state index in [2.05, 4.69) is 9.47 Å². The molecule has 1 aromatic carbocycles. The van der Waals surface area contributed by atoms with E-state index in [9.17, 15) is 26.3 Å². The molecule has 0 aliphatic heterocycles. The Bertz CT molecular complexity index is 425. The SMILES string of the molecule is FC(F)(F)/C=C\Oc1ccc(O/C=C\C(F)(F)F)cc1. The van der Waals surface area contributed by atoms with Crippen molar-refractivity contribution >= 4 is 0 Å². The largest absolute Gasteiger partial charge is 0.465 e. The standard InChI is InChI=1S/C12H8F6O2/c13-11(14,15)5-7-19-9-1-2-10(4-3-9)20-8-6-12(16,17)18/h1-8H/b7-5-,8-6-. The van der Waals surface area contributed by atoms with Crippen LogP contribution in [0.1, 0.15) is 0 Å². The fourth-order valence-corrected chi connectivity index (χ4v) is 0.976. The Labute approximate surface area is 109 Å². The van der Waals surface area contributed by atoms with Crippen LogP contribution in [0.3, 0.4) is 0 Å². The highest BCUT2D eigenvalue weighted by Gasteiger charge is 2.22. The van der Waals surface area contributed by atoms with E-state index >= 15 is 0 Å². The van der Waals surface area contributed by atoms with Crippen molar-refractivity contribution in [2.45, 2.75) is 12.4 Å². The van der Waals surface area contributed by atoms with E-state index in [0.29, 0.717) is 12.5 Å². The van der Waals surface area contributed by atoms with E-state index in [-0.39, 0.29) is 23.7 Å². The van der Waals surface area contributed by atoms with Crippen LogP contribution in [0.15, 0.2) is 48.9 Å². The summed E-state index contributed by atoms with van der Waals surface area (Å²) in [5, 5.41) is 0. The molecule has 1 aromatic rings. The third-order valence-electron chi connectivity index (χ3n) is 1.75. The maximum atomic E-state index is 11.8. The first kappa shape index (κ1) is 15.9. The molecule has 0 heterocycles. The number of alkyl halides is 6. The first-order chi connectivity index (χ1) is 9.16. The molecule has 2 nitrogen and oxygen atoms in total. The summed E-state index contributed by atoms with van der Waals surface area (Å²) in [6.07, 6.45) is -8.23. The number of allylic oxidation sites excluding steroid dienone is 2. The van der Waals surface area contributed by atoms with E-state index in [1.807, 2.05) is 0 Å². The highest BCUT2D eigenvalue weighted by Crippen LogP contribution is 2.21. The van der Waals surface area contributed by atoms with Crippen LogP contribution in [0.25, 0.3) is 0 Å². The number of hydrogen-bond acceptors (Lipinski definition) is 2. The molecule has 1 rings (SSSR count). The quantitative estimate of drug-likeness (QED) is 0.597. The summed E-state index contributed by atoms with van der Waals surface area (Å²) in [5.41, 5.74) is 0. The van der Waals surface area contributed by atoms with Crippen molar-refractivity contribution in [3.63, 3.8) is 0 Å². The third-order valence-corrected chi connectivity index (χ3v) is 1.75. The molecule has 0 N–H and O–H groups in total. The molecular weight excluding hydrogens is 290 g/mol. The van der Waals surface area contributed by atoms with Gasteiger partial charge < -0.3 is 9.47 Å². The van der Waals surface area contributed by atoms with Gasteiger partial charge >= 0.3 is 12.4 Å². The molecule has 0 atom stereocenters. The lowest BCUT2D eigenvalue weighted by atomic mass is 10.3. The van der Waals surface area contributed by atoms with Gasteiger partial charge in [-0.25, -0.2) is 0 Å². The van der Waals surface area contributed by atoms with Crippen LogP contribution >= 0.6 is 0 Å². The summed E-state index contributed by atoms with van der Waals surface area (Å²) in [6, 6.07) is 4.99. The van der Waals surface area contributed by atoms with Crippen LogP contribution in [0.2, 0.25) is 0 Å². The zero-order valence-corrected chi connectivity index (χ0v) is 9.70. The second-order valence-corrected chi connectivity index (χ2v) is 3.40. The van der Waals surface area contributed by atoms with Gasteiger partial charge in [-0.1, -0.05) is 0 Å². The average Bonchev–Trinajstić information content (AvgIpc) is 2.28. The number of halogens is 6. The Morgan fingerprint density at radius 1 is 0.650 bits per heavy atom. The fraction of sp³-hybridized carbons (Fsp3) is 0.167. The van der Waals surface area contributed by atoms with Crippen LogP contribution in [0.4, 0.5) is 26.3 Å². The minimum atomic E-state index is -4.48. The van der Waals surface area contributed by atoms with Crippen LogP contribution in [0, 0.1) is 0 Å². The van der Waals surface area contributed by atoms with Crippen LogP contribution in [-0.2, 0) is 0 Å². The number of ether oxygens (including phenoxy) is 2. The van der Waals surface area contributed by atoms with Crippen molar-refractivity contribution in [1.82, 2.24) is 0 Å². The molecule has 0 amide bonds. The highest BCUT2D eigenvalue weighted by molar-refractivity contribution is 5.32. The van der Waals surface area contributed by atoms with Gasteiger partial charge in [0.25, 0.3) is 0 Å². The molecule has 0 fully saturated rings. The number of rotatable bonds is 4. The summed E-state index contributed by atoms with van der Waals surface area (Å²) < 4.78 is 79.9. The minimum absolute atomic E-state index is 0.0812. The lowest BCUT2D eigenvalue weighted by Gasteiger charge is -2.04. The van der Waals surface area contributed by atoms with E-state index in [1.165, 1.54) is 24.3 Å². The van der Waals surface area contributed by atoms with Crippen molar-refractivity contribution < 1.29 is 35.8 Å². The fourth-order valence-electron chi connectivity index (χ4n) is 0.976. The van der Waals surface area contributed by atoms with Crippen LogP contribution < -0.4 is 9.47 Å². The van der Waals surface area contributed by atoms with Gasteiger partial charge in [0.2, 0.25) is 0 Å². The number of hydrogen-bond donors (Lipinski definition) is 0. The van der Waals surface area contributed by atoms with Crippen molar-refractivity contribution in [3.8, 4) is 11.5 Å². The van der Waals surface area contributed by atoms with Crippen LogP contribution in [-0.4, -0.2) is 12.4 Å². The summed E-state index contributed by atoms with van der Waals surface area (Å²) in [7, 11) is 0. The van der Waals surface area contributed by atoms with Gasteiger partial charge in [-0.3, -0.25) is 0 Å². The van der Waals surface area contributed by atoms with E-state index in [1.54, 1.807) is 0 Å². The summed E-state index contributed by atoms with van der Waals surface area (Å²) in [6.45, 7) is 0. The molecule has 0 unspecified atom stereocenters. The average molecular weight is 298 g/mol. The Kier molecular flexibility index (Phi) is 5.06. The van der Waals surface area contributed by atoms with Crippen molar-refractivity contribution in [1.29, 1.82) is 0 Å². The number of benzene rings is 1. The predicted octanol–water partition coefficient (Wildman–Crippen LogP) is 4.60. The molecular formula is C12H8F6O2. The van der Waals surface area contributed by atoms with E-state index < -0.39 is 12.4 Å². The lowest BCUT2D eigenvalue weighted by molar-refractivity contribution is -0.0819. The first-order valence-electron chi connectivity index (χ1n) is 5.08. The minimum Gasteiger partial charge on any atom is -0.465 e. The predicted molar refractivity (Wildman–Crippen MR) is 58.1 cm³/mol. The molecule has 0 spiro atoms. The Hall–Kier alpha value is -2.12. The summed E-state index contributed by atoms with van der Waals surface area (Å²) in [5.74, 6) is 0.162. The Balaban J connectivity index is 2.53. The van der Waals surface area contributed by atoms with Gasteiger partial charge in [-0.05, 0) is 24.3 Å². The topological polar surface area (TPSA) is 18.5 Å². The maximum Gasteiger partial charge on any atom is 0.412 e. The molecule has 20 heavy (non-hydrogen) atoms. The van der Waals surface area contributed by atoms with Crippen molar-refractivity contribution in [3.05, 3.63) is 48.9 Å². The summed E-state index contributed by atoms with van der Waals surface area (Å²) >= 11 is 0. The maximum absolute atomic E-state index is 11.8. The Morgan fingerprint density at radius 3 is 1.20 bits per heavy atom. The molecule has 8 heteroatoms. The molecule has 0 aliphatic carbocycles. The van der Waals surface area contributed by atoms with Gasteiger partial charge in [-0.15, -0.1) is 0 Å². The molecule has 0 bridgehead atoms. The second kappa shape index (κ2) is 6.36. The molecule has 0 aliphatic rings. The Morgan fingerprint density at radius 2 is 0.950 bits per heavy atom. The normalized spacial score (nSPS) is 13.1. The molecule has 0 saturated heterocycles. The molecule has 0 aromatic heterocycles. The highest BCUT2D eigenvalue weighted by atomic mass is 19.4. The van der Waals surface area contributed by atoms with Gasteiger partial charge in [0.05, 0.1) is 24.7 Å². The van der Waals surface area contributed by atoms with E-state index in [0.717, 1.165) is 0 Å². The van der Waals surface area contributed by atoms with Gasteiger partial charge in [-0.2, -0.15) is 26.3 Å². The zero-order chi connectivity index (χ0) is 15.2. The molecule has 0 saturated carbocycles. The smallest absolute Gasteiger partial charge is 0.412 e. The lowest BCUT2D eigenvalue weighted by Crippen LogP contribution is -2.01. The zero-order valence-electron chi connectivity index (χ0n) is 9.70. The van der Waals surface area contributed by atoms with Gasteiger partial charge in [0.1, 0.15) is 11.5 Å². The van der Waals surface area contributed by atoms with Gasteiger partial charge in [0, 0.05) is 0 Å². The van der Waals surface area contributed by atoms with Crippen molar-refractivity contribution in [2.75, 3.05) is 0 Å².